The number of hydrogen-bond donors (Lipinski definition) is 0. The zero-order chi connectivity index (χ0) is 17.4. The van der Waals surface area contributed by atoms with Gasteiger partial charge in [0, 0.05) is 19.7 Å². The van der Waals surface area contributed by atoms with Gasteiger partial charge < -0.3 is 14.0 Å². The van der Waals surface area contributed by atoms with Gasteiger partial charge in [-0.15, -0.1) is 0 Å². The summed E-state index contributed by atoms with van der Waals surface area (Å²) in [5.74, 6) is 1.01. The predicted octanol–water partition coefficient (Wildman–Crippen LogP) is 2.65. The number of para-hydroxylation sites is 1. The number of carbonyl (C=O) groups is 1. The lowest BCUT2D eigenvalue weighted by molar-refractivity contribution is -0.130. The highest BCUT2D eigenvalue weighted by Gasteiger charge is 2.25. The second kappa shape index (κ2) is 6.24. The maximum absolute atomic E-state index is 12.7. The number of ether oxygens (including phenoxy) is 1. The fraction of sp³-hybridized carbons (Fsp3) is 0.300. The smallest absolute Gasteiger partial charge is 0.228 e. The van der Waals surface area contributed by atoms with E-state index in [0.29, 0.717) is 13.0 Å². The number of fused-ring (bicyclic) bond motifs is 2. The van der Waals surface area contributed by atoms with Crippen molar-refractivity contribution in [1.82, 2.24) is 14.3 Å². The second-order valence-corrected chi connectivity index (χ2v) is 6.58. The minimum Gasteiger partial charge on any atom is -0.488 e. The van der Waals surface area contributed by atoms with Crippen LogP contribution in [0.1, 0.15) is 17.0 Å². The molecule has 0 N–H and O–H groups in total. The summed E-state index contributed by atoms with van der Waals surface area (Å²) < 4.78 is 7.93. The minimum atomic E-state index is 0.0228. The average molecular weight is 335 g/mol. The Kier molecular flexibility index (Phi) is 3.92. The summed E-state index contributed by atoms with van der Waals surface area (Å²) >= 11 is 0. The number of aryl methyl sites for hydroxylation is 1. The summed E-state index contributed by atoms with van der Waals surface area (Å²) in [6, 6.07) is 13.9. The fourth-order valence-corrected chi connectivity index (χ4v) is 3.42. The van der Waals surface area contributed by atoms with Gasteiger partial charge in [-0.3, -0.25) is 4.79 Å². The number of pyridine rings is 1. The number of benzene rings is 1. The molecule has 5 heteroatoms. The zero-order valence-electron chi connectivity index (χ0n) is 14.5. The van der Waals surface area contributed by atoms with E-state index in [2.05, 4.69) is 11.1 Å². The average Bonchev–Trinajstić information content (AvgIpc) is 3.15. The molecule has 1 aromatic carbocycles. The van der Waals surface area contributed by atoms with Crippen LogP contribution >= 0.6 is 0 Å². The molecular formula is C20H21N3O2. The highest BCUT2D eigenvalue weighted by Crippen LogP contribution is 2.28. The quantitative estimate of drug-likeness (QED) is 0.736. The molecule has 4 rings (SSSR count). The van der Waals surface area contributed by atoms with Crippen LogP contribution in [0.5, 0.6) is 5.75 Å². The Morgan fingerprint density at radius 3 is 2.92 bits per heavy atom. The second-order valence-electron chi connectivity index (χ2n) is 6.58. The predicted molar refractivity (Wildman–Crippen MR) is 95.8 cm³/mol. The first-order chi connectivity index (χ1) is 12.1. The van der Waals surface area contributed by atoms with Gasteiger partial charge in [0.15, 0.2) is 0 Å². The maximum Gasteiger partial charge on any atom is 0.228 e. The van der Waals surface area contributed by atoms with Gasteiger partial charge in [0.1, 0.15) is 17.5 Å². The van der Waals surface area contributed by atoms with E-state index in [1.807, 2.05) is 61.0 Å². The lowest BCUT2D eigenvalue weighted by atomic mass is 10.1. The molecule has 0 bridgehead atoms. The van der Waals surface area contributed by atoms with Crippen molar-refractivity contribution in [1.29, 1.82) is 0 Å². The van der Waals surface area contributed by atoms with Gasteiger partial charge in [-0.2, -0.15) is 0 Å². The van der Waals surface area contributed by atoms with Gasteiger partial charge in [0.2, 0.25) is 5.91 Å². The van der Waals surface area contributed by atoms with Gasteiger partial charge in [-0.25, -0.2) is 4.98 Å². The summed E-state index contributed by atoms with van der Waals surface area (Å²) in [4.78, 5) is 19.0. The molecule has 0 radical (unpaired) electrons. The standard InChI is InChI=1S/C20H21N3O2/c1-14-17(23-10-6-5-9-19(23)21-14)12-20(24)22(2)13-16-11-15-7-3-4-8-18(15)25-16/h3-10,16H,11-13H2,1-2H3/t16-/m1/s1. The van der Waals surface area contributed by atoms with E-state index in [4.69, 9.17) is 4.74 Å². The number of imidazole rings is 1. The highest BCUT2D eigenvalue weighted by atomic mass is 16.5. The van der Waals surface area contributed by atoms with Crippen LogP contribution in [-0.4, -0.2) is 39.9 Å². The van der Waals surface area contributed by atoms with E-state index in [1.54, 1.807) is 4.90 Å². The number of carbonyl (C=O) groups excluding carboxylic acids is 1. The molecule has 0 saturated heterocycles. The number of aromatic nitrogens is 2. The molecule has 1 amide bonds. The topological polar surface area (TPSA) is 46.8 Å². The Bertz CT molecular complexity index is 907. The maximum atomic E-state index is 12.7. The van der Waals surface area contributed by atoms with Crippen molar-refractivity contribution in [2.24, 2.45) is 0 Å². The molecule has 0 unspecified atom stereocenters. The van der Waals surface area contributed by atoms with Crippen LogP contribution in [0.25, 0.3) is 5.65 Å². The summed E-state index contributed by atoms with van der Waals surface area (Å²) in [6.45, 7) is 2.54. The number of nitrogens with zero attached hydrogens (tertiary/aromatic N) is 3. The first-order valence-corrected chi connectivity index (χ1v) is 8.53. The highest BCUT2D eigenvalue weighted by molar-refractivity contribution is 5.78. The third-order valence-electron chi connectivity index (χ3n) is 4.76. The Morgan fingerprint density at radius 1 is 1.28 bits per heavy atom. The Hall–Kier alpha value is -2.82. The van der Waals surface area contributed by atoms with Crippen molar-refractivity contribution in [3.05, 3.63) is 65.6 Å². The SMILES string of the molecule is Cc1nc2ccccn2c1CC(=O)N(C)C[C@H]1Cc2ccccc2O1. The molecule has 0 aliphatic carbocycles. The van der Waals surface area contributed by atoms with E-state index < -0.39 is 0 Å². The molecule has 1 aliphatic rings. The first-order valence-electron chi connectivity index (χ1n) is 8.53. The summed E-state index contributed by atoms with van der Waals surface area (Å²) in [5, 5.41) is 0. The van der Waals surface area contributed by atoms with Gasteiger partial charge in [-0.1, -0.05) is 24.3 Å². The molecular weight excluding hydrogens is 314 g/mol. The molecule has 0 saturated carbocycles. The molecule has 3 heterocycles. The monoisotopic (exact) mass is 335 g/mol. The van der Waals surface area contributed by atoms with E-state index in [1.165, 1.54) is 5.56 Å². The van der Waals surface area contributed by atoms with Gasteiger partial charge in [0.25, 0.3) is 0 Å². The summed E-state index contributed by atoms with van der Waals surface area (Å²) in [5.41, 5.74) is 3.94. The van der Waals surface area contributed by atoms with E-state index in [9.17, 15) is 4.79 Å². The van der Waals surface area contributed by atoms with Crippen LogP contribution in [0.15, 0.2) is 48.7 Å². The van der Waals surface area contributed by atoms with Crippen LogP contribution in [0, 0.1) is 6.92 Å². The van der Waals surface area contributed by atoms with Crippen molar-refractivity contribution in [3.63, 3.8) is 0 Å². The van der Waals surface area contributed by atoms with Crippen molar-refractivity contribution < 1.29 is 9.53 Å². The third kappa shape index (κ3) is 2.97. The lowest BCUT2D eigenvalue weighted by Gasteiger charge is -2.21. The molecule has 0 fully saturated rings. The molecule has 5 nitrogen and oxygen atoms in total. The third-order valence-corrected chi connectivity index (χ3v) is 4.76. The molecule has 3 aromatic rings. The van der Waals surface area contributed by atoms with E-state index in [0.717, 1.165) is 29.2 Å². The number of amides is 1. The zero-order valence-corrected chi connectivity index (χ0v) is 14.5. The Labute approximate surface area is 146 Å². The van der Waals surface area contributed by atoms with Crippen molar-refractivity contribution in [2.75, 3.05) is 13.6 Å². The molecule has 1 aliphatic heterocycles. The van der Waals surface area contributed by atoms with Gasteiger partial charge in [0.05, 0.1) is 24.4 Å². The summed E-state index contributed by atoms with van der Waals surface area (Å²) in [6.07, 6.45) is 3.17. The van der Waals surface area contributed by atoms with Gasteiger partial charge in [-0.05, 0) is 30.7 Å². The Morgan fingerprint density at radius 2 is 2.08 bits per heavy atom. The number of likely N-dealkylation sites (N-methyl/N-ethyl adjacent to an activating group) is 1. The first kappa shape index (κ1) is 15.7. The Balaban J connectivity index is 1.44. The van der Waals surface area contributed by atoms with E-state index >= 15 is 0 Å². The van der Waals surface area contributed by atoms with Crippen LogP contribution in [0.4, 0.5) is 0 Å². The largest absolute Gasteiger partial charge is 0.488 e. The van der Waals surface area contributed by atoms with Gasteiger partial charge >= 0.3 is 0 Å². The van der Waals surface area contributed by atoms with E-state index in [-0.39, 0.29) is 12.0 Å². The molecule has 25 heavy (non-hydrogen) atoms. The minimum absolute atomic E-state index is 0.0228. The number of hydrogen-bond acceptors (Lipinski definition) is 3. The molecule has 2 aromatic heterocycles. The lowest BCUT2D eigenvalue weighted by Crippen LogP contribution is -2.37. The molecule has 1 atom stereocenters. The van der Waals surface area contributed by atoms with Crippen LogP contribution in [0.3, 0.4) is 0 Å². The van der Waals surface area contributed by atoms with Crippen LogP contribution in [-0.2, 0) is 17.6 Å². The fourth-order valence-electron chi connectivity index (χ4n) is 3.42. The van der Waals surface area contributed by atoms with Crippen LogP contribution in [0.2, 0.25) is 0 Å². The molecule has 0 spiro atoms. The van der Waals surface area contributed by atoms with Crippen molar-refractivity contribution >= 4 is 11.6 Å². The van der Waals surface area contributed by atoms with Crippen molar-refractivity contribution in [3.8, 4) is 5.75 Å². The normalized spacial score (nSPS) is 15.8. The summed E-state index contributed by atoms with van der Waals surface area (Å²) in [7, 11) is 1.84. The molecule has 128 valence electrons. The van der Waals surface area contributed by atoms with Crippen LogP contribution < -0.4 is 4.74 Å². The van der Waals surface area contributed by atoms with Crippen molar-refractivity contribution in [2.45, 2.75) is 25.9 Å². The number of rotatable bonds is 4.